The zero-order chi connectivity index (χ0) is 23.4. The first-order valence-corrected chi connectivity index (χ1v) is 11.4. The smallest absolute Gasteiger partial charge is 0.255 e. The first kappa shape index (κ1) is 23.1. The van der Waals surface area contributed by atoms with Gasteiger partial charge in [0.25, 0.3) is 12.3 Å². The average molecular weight is 453 g/mol. The second kappa shape index (κ2) is 10.3. The van der Waals surface area contributed by atoms with Gasteiger partial charge in [-0.25, -0.2) is 8.78 Å². The summed E-state index contributed by atoms with van der Waals surface area (Å²) in [6.45, 7) is 5.56. The third kappa shape index (κ3) is 6.05. The highest BCUT2D eigenvalue weighted by Crippen LogP contribution is 2.24. The summed E-state index contributed by atoms with van der Waals surface area (Å²) < 4.78 is 27.1. The Hall–Kier alpha value is -3.06. The molecule has 1 N–H and O–H groups in total. The van der Waals surface area contributed by atoms with Crippen LogP contribution in [0, 0.1) is 13.8 Å². The van der Waals surface area contributed by atoms with Crippen molar-refractivity contribution in [3.05, 3.63) is 77.0 Å². The van der Waals surface area contributed by atoms with E-state index in [0.717, 1.165) is 16.7 Å². The molecule has 1 aromatic heterocycles. The van der Waals surface area contributed by atoms with E-state index in [-0.39, 0.29) is 18.5 Å². The molecule has 0 spiro atoms. The van der Waals surface area contributed by atoms with E-state index in [1.54, 1.807) is 15.8 Å². The molecule has 33 heavy (non-hydrogen) atoms. The minimum atomic E-state index is -2.33. The molecular formula is C26H30F2N4O. The summed E-state index contributed by atoms with van der Waals surface area (Å²) >= 11 is 0. The molecule has 2 aromatic carbocycles. The molecule has 1 aliphatic heterocycles. The van der Waals surface area contributed by atoms with Crippen LogP contribution in [0.15, 0.2) is 54.7 Å². The van der Waals surface area contributed by atoms with E-state index in [9.17, 15) is 13.6 Å². The summed E-state index contributed by atoms with van der Waals surface area (Å²) in [4.78, 5) is 15.0. The highest BCUT2D eigenvalue weighted by atomic mass is 19.3. The number of halogens is 2. The van der Waals surface area contributed by atoms with Gasteiger partial charge in [0.05, 0.1) is 18.7 Å². The molecule has 0 radical (unpaired) electrons. The summed E-state index contributed by atoms with van der Waals surface area (Å²) in [7, 11) is 0. The van der Waals surface area contributed by atoms with Crippen molar-refractivity contribution in [2.24, 2.45) is 0 Å². The number of amides is 1. The number of benzene rings is 2. The topological polar surface area (TPSA) is 50.2 Å². The van der Waals surface area contributed by atoms with E-state index in [0.29, 0.717) is 43.7 Å². The van der Waals surface area contributed by atoms with Crippen molar-refractivity contribution < 1.29 is 13.6 Å². The summed E-state index contributed by atoms with van der Waals surface area (Å²) in [6, 6.07) is 16.2. The number of rotatable bonds is 7. The van der Waals surface area contributed by atoms with E-state index in [2.05, 4.69) is 29.6 Å². The van der Waals surface area contributed by atoms with Crippen molar-refractivity contribution in [1.82, 2.24) is 20.0 Å². The van der Waals surface area contributed by atoms with Gasteiger partial charge < -0.3 is 5.32 Å². The number of alkyl halides is 2. The van der Waals surface area contributed by atoms with Crippen LogP contribution in [-0.4, -0.2) is 52.7 Å². The maximum absolute atomic E-state index is 13.2. The third-order valence-electron chi connectivity index (χ3n) is 6.12. The molecule has 1 saturated heterocycles. The minimum Gasteiger partial charge on any atom is -0.349 e. The molecule has 0 atom stereocenters. The van der Waals surface area contributed by atoms with Crippen LogP contribution in [0.4, 0.5) is 8.78 Å². The normalized spacial score (nSPS) is 15.2. The Bertz CT molecular complexity index is 1070. The number of likely N-dealkylation sites (tertiary alicyclic amines) is 1. The van der Waals surface area contributed by atoms with Crippen molar-refractivity contribution >= 4 is 5.91 Å². The molecular weight excluding hydrogens is 422 g/mol. The molecule has 7 heteroatoms. The Labute approximate surface area is 193 Å². The molecule has 0 bridgehead atoms. The Morgan fingerprint density at radius 1 is 1.03 bits per heavy atom. The molecule has 3 aromatic rings. The number of carbonyl (C=O) groups excluding carboxylic acids is 1. The number of carbonyl (C=O) groups is 1. The van der Waals surface area contributed by atoms with Gasteiger partial charge in [-0.3, -0.25) is 14.4 Å². The van der Waals surface area contributed by atoms with Crippen LogP contribution >= 0.6 is 0 Å². The first-order valence-electron chi connectivity index (χ1n) is 11.4. The van der Waals surface area contributed by atoms with Crippen LogP contribution in [0.5, 0.6) is 0 Å². The molecule has 174 valence electrons. The van der Waals surface area contributed by atoms with Gasteiger partial charge in [0.15, 0.2) is 0 Å². The molecule has 1 aliphatic rings. The minimum absolute atomic E-state index is 0.0299. The molecule has 2 heterocycles. The molecule has 1 fully saturated rings. The number of hydrogen-bond donors (Lipinski definition) is 1. The molecule has 1 amide bonds. The third-order valence-corrected chi connectivity index (χ3v) is 6.12. The van der Waals surface area contributed by atoms with E-state index in [1.807, 2.05) is 38.1 Å². The average Bonchev–Trinajstić information content (AvgIpc) is 3.21. The number of piperidine rings is 1. The standard InChI is InChI=1S/C26H30F2N4O/c1-18-3-7-20(8-4-18)15-32-16-23(25(30-32)21-9-5-19(2)6-10-21)26(33)29-22-11-13-31(14-12-22)17-24(27)28/h3-10,16,22,24H,11-15,17H2,1-2H3,(H,29,33). The Balaban J connectivity index is 1.52. The lowest BCUT2D eigenvalue weighted by Crippen LogP contribution is -2.45. The van der Waals surface area contributed by atoms with Gasteiger partial charge in [-0.1, -0.05) is 59.7 Å². The van der Waals surface area contributed by atoms with Crippen LogP contribution in [0.25, 0.3) is 11.3 Å². The lowest BCUT2D eigenvalue weighted by molar-refractivity contribution is 0.0696. The number of nitrogens with zero attached hydrogens (tertiary/aromatic N) is 3. The SMILES string of the molecule is Cc1ccc(Cn2cc(C(=O)NC3CCN(CC(F)F)CC3)c(-c3ccc(C)cc3)n2)cc1. The van der Waals surface area contributed by atoms with Gasteiger partial charge in [-0.05, 0) is 32.3 Å². The molecule has 0 saturated carbocycles. The van der Waals surface area contributed by atoms with Gasteiger partial charge in [0.1, 0.15) is 5.69 Å². The molecule has 4 rings (SSSR count). The van der Waals surface area contributed by atoms with E-state index in [1.165, 1.54) is 5.56 Å². The van der Waals surface area contributed by atoms with Crippen molar-refractivity contribution in [2.45, 2.75) is 45.7 Å². The molecule has 0 unspecified atom stereocenters. The van der Waals surface area contributed by atoms with Gasteiger partial charge in [0.2, 0.25) is 0 Å². The second-order valence-electron chi connectivity index (χ2n) is 8.88. The highest BCUT2D eigenvalue weighted by Gasteiger charge is 2.25. The predicted octanol–water partition coefficient (Wildman–Crippen LogP) is 4.67. The van der Waals surface area contributed by atoms with E-state index >= 15 is 0 Å². The van der Waals surface area contributed by atoms with Gasteiger partial charge in [0, 0.05) is 30.9 Å². The predicted molar refractivity (Wildman–Crippen MR) is 126 cm³/mol. The first-order chi connectivity index (χ1) is 15.9. The van der Waals surface area contributed by atoms with Crippen molar-refractivity contribution in [2.75, 3.05) is 19.6 Å². The fourth-order valence-corrected chi connectivity index (χ4v) is 4.19. The van der Waals surface area contributed by atoms with Crippen molar-refractivity contribution in [3.63, 3.8) is 0 Å². The van der Waals surface area contributed by atoms with Crippen LogP contribution in [0.1, 0.15) is 39.9 Å². The highest BCUT2D eigenvalue weighted by molar-refractivity contribution is 6.00. The van der Waals surface area contributed by atoms with Crippen LogP contribution in [-0.2, 0) is 6.54 Å². The molecule has 5 nitrogen and oxygen atoms in total. The van der Waals surface area contributed by atoms with Gasteiger partial charge in [-0.2, -0.15) is 5.10 Å². The fourth-order valence-electron chi connectivity index (χ4n) is 4.19. The summed E-state index contributed by atoms with van der Waals surface area (Å²) in [5.41, 5.74) is 5.51. The number of nitrogens with one attached hydrogen (secondary N) is 1. The summed E-state index contributed by atoms with van der Waals surface area (Å²) in [6.07, 6.45) is 0.801. The number of aromatic nitrogens is 2. The van der Waals surface area contributed by atoms with Crippen molar-refractivity contribution in [1.29, 1.82) is 0 Å². The van der Waals surface area contributed by atoms with E-state index in [4.69, 9.17) is 5.10 Å². The zero-order valence-electron chi connectivity index (χ0n) is 19.1. The zero-order valence-corrected chi connectivity index (χ0v) is 19.1. The monoisotopic (exact) mass is 452 g/mol. The fraction of sp³-hybridized carbons (Fsp3) is 0.385. The lowest BCUT2D eigenvalue weighted by Gasteiger charge is -2.32. The number of aryl methyl sites for hydroxylation is 2. The Kier molecular flexibility index (Phi) is 7.18. The Morgan fingerprint density at radius 3 is 2.24 bits per heavy atom. The summed E-state index contributed by atoms with van der Waals surface area (Å²) in [5, 5.41) is 7.86. The second-order valence-corrected chi connectivity index (χ2v) is 8.88. The van der Waals surface area contributed by atoms with Crippen LogP contribution in [0.3, 0.4) is 0 Å². The maximum Gasteiger partial charge on any atom is 0.255 e. The van der Waals surface area contributed by atoms with Crippen LogP contribution < -0.4 is 5.32 Å². The summed E-state index contributed by atoms with van der Waals surface area (Å²) in [5.74, 6) is -0.173. The quantitative estimate of drug-likeness (QED) is 0.567. The lowest BCUT2D eigenvalue weighted by atomic mass is 10.0. The Morgan fingerprint density at radius 2 is 1.64 bits per heavy atom. The van der Waals surface area contributed by atoms with Crippen molar-refractivity contribution in [3.8, 4) is 11.3 Å². The van der Waals surface area contributed by atoms with E-state index < -0.39 is 6.43 Å². The van der Waals surface area contributed by atoms with Gasteiger partial charge in [-0.15, -0.1) is 0 Å². The number of hydrogen-bond acceptors (Lipinski definition) is 3. The maximum atomic E-state index is 13.2. The van der Waals surface area contributed by atoms with Gasteiger partial charge >= 0.3 is 0 Å². The molecule has 0 aliphatic carbocycles. The largest absolute Gasteiger partial charge is 0.349 e. The van der Waals surface area contributed by atoms with Crippen LogP contribution in [0.2, 0.25) is 0 Å².